The first-order valence-electron chi connectivity index (χ1n) is 5.17. The molecule has 0 fully saturated rings. The molecule has 0 saturated carbocycles. The molecule has 2 N–H and O–H groups in total. The van der Waals surface area contributed by atoms with Crippen LogP contribution in [-0.2, 0) is 0 Å². The van der Waals surface area contributed by atoms with E-state index in [9.17, 15) is 0 Å². The van der Waals surface area contributed by atoms with Crippen LogP contribution in [0.15, 0.2) is 0 Å². The molecule has 0 aliphatic heterocycles. The van der Waals surface area contributed by atoms with Gasteiger partial charge in [0.15, 0.2) is 0 Å². The van der Waals surface area contributed by atoms with Crippen molar-refractivity contribution in [3.63, 3.8) is 0 Å². The minimum atomic E-state index is 0.544. The average molecular weight is 202 g/mol. The van der Waals surface area contributed by atoms with Crippen LogP contribution in [-0.4, -0.2) is 29.0 Å². The Labute approximate surface area is 87.5 Å². The molecule has 0 saturated heterocycles. The minimum absolute atomic E-state index is 0.544. The van der Waals surface area contributed by atoms with E-state index >= 15 is 0 Å². The summed E-state index contributed by atoms with van der Waals surface area (Å²) < 4.78 is 0. The van der Waals surface area contributed by atoms with Crippen molar-refractivity contribution in [1.82, 2.24) is 4.90 Å². The number of nitrogens with two attached hydrogens (primary N) is 1. The summed E-state index contributed by atoms with van der Waals surface area (Å²) in [6.45, 7) is 8.84. The maximum atomic E-state index is 5.56. The molecule has 0 heterocycles. The van der Waals surface area contributed by atoms with E-state index in [0.29, 0.717) is 11.0 Å². The van der Waals surface area contributed by atoms with Gasteiger partial charge in [0.2, 0.25) is 0 Å². The van der Waals surface area contributed by atoms with Crippen LogP contribution in [0.25, 0.3) is 0 Å². The van der Waals surface area contributed by atoms with Crippen LogP contribution >= 0.6 is 12.2 Å². The van der Waals surface area contributed by atoms with Gasteiger partial charge in [0.1, 0.15) is 0 Å². The van der Waals surface area contributed by atoms with Gasteiger partial charge in [-0.1, -0.05) is 33.0 Å². The summed E-state index contributed by atoms with van der Waals surface area (Å²) in [7, 11) is 0. The van der Waals surface area contributed by atoms with Crippen LogP contribution in [0, 0.1) is 0 Å². The van der Waals surface area contributed by atoms with E-state index in [0.717, 1.165) is 25.9 Å². The zero-order valence-corrected chi connectivity index (χ0v) is 9.86. The van der Waals surface area contributed by atoms with Gasteiger partial charge in [-0.25, -0.2) is 0 Å². The van der Waals surface area contributed by atoms with Crippen LogP contribution in [0.4, 0.5) is 0 Å². The third-order valence-corrected chi connectivity index (χ3v) is 2.51. The molecule has 0 aliphatic carbocycles. The van der Waals surface area contributed by atoms with Crippen molar-refractivity contribution in [3.8, 4) is 0 Å². The number of nitrogens with zero attached hydrogens (tertiary/aromatic N) is 1. The molecule has 0 radical (unpaired) electrons. The molecule has 78 valence electrons. The van der Waals surface area contributed by atoms with Crippen molar-refractivity contribution >= 4 is 17.2 Å². The summed E-state index contributed by atoms with van der Waals surface area (Å²) in [5.74, 6) is 0. The summed E-state index contributed by atoms with van der Waals surface area (Å²) >= 11 is 4.94. The van der Waals surface area contributed by atoms with Gasteiger partial charge in [-0.15, -0.1) is 0 Å². The van der Waals surface area contributed by atoms with E-state index < -0.39 is 0 Å². The predicted octanol–water partition coefficient (Wildman–Crippen LogP) is 2.17. The van der Waals surface area contributed by atoms with Gasteiger partial charge in [0.25, 0.3) is 0 Å². The van der Waals surface area contributed by atoms with Crippen molar-refractivity contribution < 1.29 is 0 Å². The predicted molar refractivity (Wildman–Crippen MR) is 63.0 cm³/mol. The van der Waals surface area contributed by atoms with Gasteiger partial charge in [-0.05, 0) is 25.9 Å². The topological polar surface area (TPSA) is 29.3 Å². The lowest BCUT2D eigenvalue weighted by molar-refractivity contribution is 0.206. The lowest BCUT2D eigenvalue weighted by Gasteiger charge is -2.29. The second-order valence-corrected chi connectivity index (χ2v) is 3.89. The molecule has 0 amide bonds. The monoisotopic (exact) mass is 202 g/mol. The van der Waals surface area contributed by atoms with Gasteiger partial charge < -0.3 is 10.6 Å². The Bertz CT molecular complexity index is 148. The van der Waals surface area contributed by atoms with Crippen molar-refractivity contribution in [1.29, 1.82) is 0 Å². The molecule has 1 atom stereocenters. The normalized spacial score (nSPS) is 13.2. The fourth-order valence-electron chi connectivity index (χ4n) is 1.65. The average Bonchev–Trinajstić information content (AvgIpc) is 2.10. The Hall–Kier alpha value is -0.150. The molecule has 0 aromatic carbocycles. The SMILES string of the molecule is CCCN(CC)C(CC)CC(N)=S. The maximum absolute atomic E-state index is 5.56. The summed E-state index contributed by atoms with van der Waals surface area (Å²) in [5.41, 5.74) is 5.56. The second kappa shape index (κ2) is 7.27. The Morgan fingerprint density at radius 1 is 1.38 bits per heavy atom. The molecule has 0 aromatic heterocycles. The van der Waals surface area contributed by atoms with E-state index in [1.807, 2.05) is 0 Å². The van der Waals surface area contributed by atoms with Crippen molar-refractivity contribution in [2.75, 3.05) is 13.1 Å². The van der Waals surface area contributed by atoms with Crippen LogP contribution in [0.1, 0.15) is 40.0 Å². The molecule has 0 spiro atoms. The first-order valence-corrected chi connectivity index (χ1v) is 5.58. The first kappa shape index (κ1) is 12.8. The van der Waals surface area contributed by atoms with Crippen LogP contribution in [0.2, 0.25) is 0 Å². The molecule has 2 nitrogen and oxygen atoms in total. The van der Waals surface area contributed by atoms with Gasteiger partial charge in [-0.2, -0.15) is 0 Å². The van der Waals surface area contributed by atoms with Crippen LogP contribution < -0.4 is 5.73 Å². The van der Waals surface area contributed by atoms with Crippen LogP contribution in [0.3, 0.4) is 0 Å². The standard InChI is InChI=1S/C10H22N2S/c1-4-7-12(6-3)9(5-2)8-10(11)13/h9H,4-8H2,1-3H3,(H2,11,13). The molecule has 1 unspecified atom stereocenters. The molecule has 13 heavy (non-hydrogen) atoms. The van der Waals surface area contributed by atoms with Crippen LogP contribution in [0.5, 0.6) is 0 Å². The Morgan fingerprint density at radius 2 is 2.00 bits per heavy atom. The number of rotatable bonds is 7. The fraction of sp³-hybridized carbons (Fsp3) is 0.900. The Balaban J connectivity index is 4.07. The lowest BCUT2D eigenvalue weighted by atomic mass is 10.1. The highest BCUT2D eigenvalue weighted by molar-refractivity contribution is 7.80. The van der Waals surface area contributed by atoms with E-state index in [1.54, 1.807) is 0 Å². The molecule has 3 heteroatoms. The first-order chi connectivity index (χ1) is 6.15. The molecule has 0 aromatic rings. The molecular weight excluding hydrogens is 180 g/mol. The highest BCUT2D eigenvalue weighted by Crippen LogP contribution is 2.09. The third-order valence-electron chi connectivity index (χ3n) is 2.34. The highest BCUT2D eigenvalue weighted by atomic mass is 32.1. The summed E-state index contributed by atoms with van der Waals surface area (Å²) in [6.07, 6.45) is 3.19. The second-order valence-electron chi connectivity index (χ2n) is 3.36. The van der Waals surface area contributed by atoms with Crippen molar-refractivity contribution in [3.05, 3.63) is 0 Å². The molecule has 0 rings (SSSR count). The van der Waals surface area contributed by atoms with E-state index in [4.69, 9.17) is 18.0 Å². The molecule has 0 aliphatic rings. The zero-order chi connectivity index (χ0) is 10.3. The van der Waals surface area contributed by atoms with E-state index in [2.05, 4.69) is 25.7 Å². The minimum Gasteiger partial charge on any atom is -0.393 e. The third kappa shape index (κ3) is 5.21. The maximum Gasteiger partial charge on any atom is 0.0743 e. The Morgan fingerprint density at radius 3 is 2.31 bits per heavy atom. The van der Waals surface area contributed by atoms with E-state index in [-0.39, 0.29) is 0 Å². The summed E-state index contributed by atoms with van der Waals surface area (Å²) in [4.78, 5) is 3.10. The Kier molecular flexibility index (Phi) is 7.19. The zero-order valence-electron chi connectivity index (χ0n) is 9.05. The fourth-order valence-corrected chi connectivity index (χ4v) is 1.84. The number of hydrogen-bond donors (Lipinski definition) is 1. The summed E-state index contributed by atoms with van der Waals surface area (Å²) in [6, 6.07) is 0.544. The largest absolute Gasteiger partial charge is 0.393 e. The van der Waals surface area contributed by atoms with Gasteiger partial charge in [0.05, 0.1) is 4.99 Å². The molecule has 0 bridgehead atoms. The van der Waals surface area contributed by atoms with Crippen molar-refractivity contribution in [2.24, 2.45) is 5.73 Å². The molecular formula is C10H22N2S. The smallest absolute Gasteiger partial charge is 0.0743 e. The van der Waals surface area contributed by atoms with Crippen molar-refractivity contribution in [2.45, 2.75) is 46.1 Å². The van der Waals surface area contributed by atoms with Gasteiger partial charge in [-0.3, -0.25) is 0 Å². The quantitative estimate of drug-likeness (QED) is 0.642. The van der Waals surface area contributed by atoms with Gasteiger partial charge in [0, 0.05) is 12.5 Å². The number of thiocarbonyl (C=S) groups is 1. The summed E-state index contributed by atoms with van der Waals surface area (Å²) in [5, 5.41) is 0. The van der Waals surface area contributed by atoms with Gasteiger partial charge >= 0.3 is 0 Å². The van der Waals surface area contributed by atoms with E-state index in [1.165, 1.54) is 6.42 Å². The highest BCUT2D eigenvalue weighted by Gasteiger charge is 2.14. The number of hydrogen-bond acceptors (Lipinski definition) is 2. The lowest BCUT2D eigenvalue weighted by Crippen LogP contribution is -2.37.